The number of nitrogens with zero attached hydrogens (tertiary/aromatic N) is 1. The van der Waals surface area contributed by atoms with Crippen molar-refractivity contribution in [2.45, 2.75) is 32.2 Å². The largest absolute Gasteiger partial charge is 0.306 e. The molecule has 0 aromatic carbocycles. The second-order valence-electron chi connectivity index (χ2n) is 3.96. The number of rotatable bonds is 3. The molecule has 0 spiro atoms. The van der Waals surface area contributed by atoms with Crippen LogP contribution >= 0.6 is 11.3 Å². The minimum Gasteiger partial charge on any atom is -0.306 e. The highest BCUT2D eigenvalue weighted by molar-refractivity contribution is 7.09. The normalized spacial score (nSPS) is 32.9. The molecule has 0 aliphatic heterocycles. The molecule has 13 heavy (non-hydrogen) atoms. The summed E-state index contributed by atoms with van der Waals surface area (Å²) in [6.45, 7) is 5.51. The SMILES string of the molecule is CCNC1(c2nccs2)CC(C)C1. The fraction of sp³-hybridized carbons (Fsp3) is 0.700. The van der Waals surface area contributed by atoms with Crippen LogP contribution in [0.5, 0.6) is 0 Å². The van der Waals surface area contributed by atoms with E-state index in [1.165, 1.54) is 17.8 Å². The summed E-state index contributed by atoms with van der Waals surface area (Å²) < 4.78 is 0. The van der Waals surface area contributed by atoms with E-state index < -0.39 is 0 Å². The zero-order valence-electron chi connectivity index (χ0n) is 8.21. The van der Waals surface area contributed by atoms with E-state index in [2.05, 4.69) is 29.5 Å². The van der Waals surface area contributed by atoms with E-state index in [1.54, 1.807) is 11.3 Å². The van der Waals surface area contributed by atoms with Gasteiger partial charge < -0.3 is 5.32 Å². The summed E-state index contributed by atoms with van der Waals surface area (Å²) in [5, 5.41) is 6.91. The van der Waals surface area contributed by atoms with Gasteiger partial charge in [-0.3, -0.25) is 0 Å². The first-order valence-corrected chi connectivity index (χ1v) is 5.80. The van der Waals surface area contributed by atoms with Gasteiger partial charge in [-0.25, -0.2) is 4.98 Å². The molecule has 72 valence electrons. The molecule has 0 amide bonds. The standard InChI is InChI=1S/C10H16N2S/c1-3-12-10(6-8(2)7-10)9-11-4-5-13-9/h4-5,8,12H,3,6-7H2,1-2H3. The van der Waals surface area contributed by atoms with Crippen LogP contribution in [-0.2, 0) is 5.54 Å². The molecular weight excluding hydrogens is 180 g/mol. The minimum atomic E-state index is 0.225. The van der Waals surface area contributed by atoms with Crippen LogP contribution in [0.2, 0.25) is 0 Å². The van der Waals surface area contributed by atoms with Crippen LogP contribution < -0.4 is 5.32 Å². The van der Waals surface area contributed by atoms with E-state index in [4.69, 9.17) is 0 Å². The Kier molecular flexibility index (Phi) is 2.39. The summed E-state index contributed by atoms with van der Waals surface area (Å²) in [6.07, 6.45) is 4.39. The Morgan fingerprint density at radius 1 is 1.69 bits per heavy atom. The predicted octanol–water partition coefficient (Wildman–Crippen LogP) is 2.38. The summed E-state index contributed by atoms with van der Waals surface area (Å²) in [4.78, 5) is 4.42. The Bertz CT molecular complexity index is 257. The highest BCUT2D eigenvalue weighted by Crippen LogP contribution is 2.45. The fourth-order valence-corrected chi connectivity index (χ4v) is 3.16. The molecule has 1 aliphatic rings. The highest BCUT2D eigenvalue weighted by Gasteiger charge is 2.44. The van der Waals surface area contributed by atoms with Crippen molar-refractivity contribution in [3.63, 3.8) is 0 Å². The van der Waals surface area contributed by atoms with Gasteiger partial charge in [0.15, 0.2) is 0 Å². The third-order valence-electron chi connectivity index (χ3n) is 2.75. The van der Waals surface area contributed by atoms with Crippen molar-refractivity contribution in [1.82, 2.24) is 10.3 Å². The van der Waals surface area contributed by atoms with Crippen molar-refractivity contribution < 1.29 is 0 Å². The smallest absolute Gasteiger partial charge is 0.113 e. The average Bonchev–Trinajstić information content (AvgIpc) is 2.53. The number of hydrogen-bond acceptors (Lipinski definition) is 3. The van der Waals surface area contributed by atoms with Crippen molar-refractivity contribution in [1.29, 1.82) is 0 Å². The van der Waals surface area contributed by atoms with Gasteiger partial charge in [0.2, 0.25) is 0 Å². The lowest BCUT2D eigenvalue weighted by Crippen LogP contribution is -2.51. The van der Waals surface area contributed by atoms with E-state index >= 15 is 0 Å². The van der Waals surface area contributed by atoms with Gasteiger partial charge in [-0.05, 0) is 25.3 Å². The quantitative estimate of drug-likeness (QED) is 0.803. The zero-order chi connectivity index (χ0) is 9.31. The molecule has 0 atom stereocenters. The molecule has 2 rings (SSSR count). The first-order valence-electron chi connectivity index (χ1n) is 4.92. The fourth-order valence-electron chi connectivity index (χ4n) is 2.32. The lowest BCUT2D eigenvalue weighted by Gasteiger charge is -2.45. The van der Waals surface area contributed by atoms with Gasteiger partial charge >= 0.3 is 0 Å². The molecule has 1 aromatic rings. The maximum atomic E-state index is 4.42. The van der Waals surface area contributed by atoms with E-state index in [-0.39, 0.29) is 5.54 Å². The molecule has 1 saturated carbocycles. The topological polar surface area (TPSA) is 24.9 Å². The zero-order valence-corrected chi connectivity index (χ0v) is 9.03. The Labute approximate surface area is 83.4 Å². The van der Waals surface area contributed by atoms with Crippen LogP contribution in [0.1, 0.15) is 31.7 Å². The maximum absolute atomic E-state index is 4.42. The summed E-state index contributed by atoms with van der Waals surface area (Å²) in [7, 11) is 0. The van der Waals surface area contributed by atoms with Crippen molar-refractivity contribution in [3.8, 4) is 0 Å². The van der Waals surface area contributed by atoms with Gasteiger partial charge in [-0.2, -0.15) is 0 Å². The molecule has 2 nitrogen and oxygen atoms in total. The lowest BCUT2D eigenvalue weighted by atomic mass is 9.69. The molecular formula is C10H16N2S. The van der Waals surface area contributed by atoms with Crippen LogP contribution in [-0.4, -0.2) is 11.5 Å². The van der Waals surface area contributed by atoms with E-state index in [0.717, 1.165) is 12.5 Å². The van der Waals surface area contributed by atoms with Gasteiger partial charge in [0, 0.05) is 11.6 Å². The molecule has 0 saturated heterocycles. The van der Waals surface area contributed by atoms with Crippen molar-refractivity contribution in [3.05, 3.63) is 16.6 Å². The lowest BCUT2D eigenvalue weighted by molar-refractivity contribution is 0.117. The van der Waals surface area contributed by atoms with Crippen LogP contribution in [0, 0.1) is 5.92 Å². The van der Waals surface area contributed by atoms with Gasteiger partial charge in [0.05, 0.1) is 5.54 Å². The van der Waals surface area contributed by atoms with Crippen LogP contribution in [0.25, 0.3) is 0 Å². The monoisotopic (exact) mass is 196 g/mol. The second kappa shape index (κ2) is 3.39. The third-order valence-corrected chi connectivity index (χ3v) is 3.73. The van der Waals surface area contributed by atoms with Crippen LogP contribution in [0.4, 0.5) is 0 Å². The molecule has 1 N–H and O–H groups in total. The molecule has 3 heteroatoms. The van der Waals surface area contributed by atoms with Crippen LogP contribution in [0.3, 0.4) is 0 Å². The number of aromatic nitrogens is 1. The summed E-state index contributed by atoms with van der Waals surface area (Å²) in [6, 6.07) is 0. The molecule has 0 unspecified atom stereocenters. The maximum Gasteiger partial charge on any atom is 0.113 e. The number of hydrogen-bond donors (Lipinski definition) is 1. The molecule has 1 aliphatic carbocycles. The highest BCUT2D eigenvalue weighted by atomic mass is 32.1. The van der Waals surface area contributed by atoms with Gasteiger partial charge in [-0.1, -0.05) is 13.8 Å². The van der Waals surface area contributed by atoms with Gasteiger partial charge in [-0.15, -0.1) is 11.3 Å². The molecule has 1 fully saturated rings. The summed E-state index contributed by atoms with van der Waals surface area (Å²) in [5.41, 5.74) is 0.225. The third kappa shape index (κ3) is 1.51. The molecule has 1 aromatic heterocycles. The van der Waals surface area contributed by atoms with E-state index in [9.17, 15) is 0 Å². The average molecular weight is 196 g/mol. The Morgan fingerprint density at radius 2 is 2.46 bits per heavy atom. The van der Waals surface area contributed by atoms with E-state index in [0.29, 0.717) is 0 Å². The second-order valence-corrected chi connectivity index (χ2v) is 4.86. The molecule has 0 bridgehead atoms. The summed E-state index contributed by atoms with van der Waals surface area (Å²) >= 11 is 1.77. The van der Waals surface area contributed by atoms with Crippen molar-refractivity contribution >= 4 is 11.3 Å². The minimum absolute atomic E-state index is 0.225. The summed E-state index contributed by atoms with van der Waals surface area (Å²) in [5.74, 6) is 0.850. The van der Waals surface area contributed by atoms with Crippen LogP contribution in [0.15, 0.2) is 11.6 Å². The predicted molar refractivity (Wildman–Crippen MR) is 55.9 cm³/mol. The number of thiazole rings is 1. The van der Waals surface area contributed by atoms with Gasteiger partial charge in [0.1, 0.15) is 5.01 Å². The Hall–Kier alpha value is -0.410. The molecule has 1 heterocycles. The molecule has 0 radical (unpaired) electrons. The first-order chi connectivity index (χ1) is 6.27. The first kappa shape index (κ1) is 9.16. The van der Waals surface area contributed by atoms with Gasteiger partial charge in [0.25, 0.3) is 0 Å². The van der Waals surface area contributed by atoms with E-state index in [1.807, 2.05) is 6.20 Å². The van der Waals surface area contributed by atoms with Crippen molar-refractivity contribution in [2.75, 3.05) is 6.54 Å². The Morgan fingerprint density at radius 3 is 2.92 bits per heavy atom. The Balaban J connectivity index is 2.16. The number of nitrogens with one attached hydrogen (secondary N) is 1. The van der Waals surface area contributed by atoms with Crippen molar-refractivity contribution in [2.24, 2.45) is 5.92 Å².